The van der Waals surface area contributed by atoms with Crippen LogP contribution < -0.4 is 5.56 Å². The van der Waals surface area contributed by atoms with Crippen molar-refractivity contribution in [3.8, 4) is 0 Å². The van der Waals surface area contributed by atoms with Crippen LogP contribution in [0.4, 0.5) is 0 Å². The minimum Gasteiger partial charge on any atom is -0.292 e. The zero-order chi connectivity index (χ0) is 11.5. The predicted octanol–water partition coefficient (Wildman–Crippen LogP) is 1.04. The molecule has 0 aliphatic rings. The molecule has 0 saturated heterocycles. The van der Waals surface area contributed by atoms with Crippen molar-refractivity contribution in [1.29, 1.82) is 0 Å². The summed E-state index contributed by atoms with van der Waals surface area (Å²) < 4.78 is 1.42. The van der Waals surface area contributed by atoms with Crippen LogP contribution in [-0.2, 0) is 6.54 Å². The molecule has 82 valence electrons. The Kier molecular flexibility index (Phi) is 2.96. The second kappa shape index (κ2) is 4.40. The molecule has 0 unspecified atom stereocenters. The normalized spacial score (nSPS) is 10.4. The fraction of sp³-hybridized carbons (Fsp3) is 0.200. The maximum atomic E-state index is 11.4. The molecule has 6 heteroatoms. The number of nitrogens with zero attached hydrogens (tertiary/aromatic N) is 4. The zero-order valence-corrected chi connectivity index (χ0v) is 9.35. The van der Waals surface area contributed by atoms with Crippen LogP contribution in [0, 0.1) is 6.92 Å². The van der Waals surface area contributed by atoms with E-state index in [-0.39, 0.29) is 12.1 Å². The van der Waals surface area contributed by atoms with Gasteiger partial charge in [-0.1, -0.05) is 11.6 Å². The fourth-order valence-electron chi connectivity index (χ4n) is 1.31. The minimum atomic E-state index is -0.142. The average molecular weight is 237 g/mol. The zero-order valence-electron chi connectivity index (χ0n) is 8.59. The summed E-state index contributed by atoms with van der Waals surface area (Å²) >= 11 is 5.80. The van der Waals surface area contributed by atoms with Gasteiger partial charge in [0.05, 0.1) is 12.9 Å². The highest BCUT2D eigenvalue weighted by atomic mass is 35.5. The lowest BCUT2D eigenvalue weighted by Crippen LogP contribution is -2.20. The molecular formula is C10H9ClN4O. The monoisotopic (exact) mass is 236 g/mol. The summed E-state index contributed by atoms with van der Waals surface area (Å²) in [7, 11) is 0. The molecule has 0 saturated carbocycles. The van der Waals surface area contributed by atoms with Gasteiger partial charge in [-0.05, 0) is 13.0 Å². The number of rotatable bonds is 2. The van der Waals surface area contributed by atoms with Gasteiger partial charge in [0.1, 0.15) is 11.0 Å². The first-order valence-corrected chi connectivity index (χ1v) is 5.03. The third kappa shape index (κ3) is 2.43. The number of hydrogen-bond acceptors (Lipinski definition) is 4. The van der Waals surface area contributed by atoms with E-state index in [4.69, 9.17) is 11.6 Å². The fourth-order valence-corrected chi connectivity index (χ4v) is 1.56. The van der Waals surface area contributed by atoms with E-state index in [9.17, 15) is 4.79 Å². The van der Waals surface area contributed by atoms with Crippen LogP contribution in [-0.4, -0.2) is 19.5 Å². The molecule has 5 nitrogen and oxygen atoms in total. The van der Waals surface area contributed by atoms with Crippen LogP contribution >= 0.6 is 11.6 Å². The lowest BCUT2D eigenvalue weighted by Gasteiger charge is -2.04. The van der Waals surface area contributed by atoms with Crippen molar-refractivity contribution in [2.45, 2.75) is 13.5 Å². The van der Waals surface area contributed by atoms with E-state index in [1.165, 1.54) is 23.2 Å². The molecule has 0 atom stereocenters. The first-order valence-electron chi connectivity index (χ1n) is 4.65. The smallest absolute Gasteiger partial charge is 0.253 e. The second-order valence-electron chi connectivity index (χ2n) is 3.29. The number of hydrogen-bond donors (Lipinski definition) is 0. The summed E-state index contributed by atoms with van der Waals surface area (Å²) in [5, 5.41) is 0.374. The highest BCUT2D eigenvalue weighted by Gasteiger charge is 2.02. The Morgan fingerprint density at radius 1 is 1.44 bits per heavy atom. The number of halogens is 1. The van der Waals surface area contributed by atoms with E-state index in [1.807, 2.05) is 6.92 Å². The molecular weight excluding hydrogens is 228 g/mol. The van der Waals surface area contributed by atoms with Gasteiger partial charge >= 0.3 is 0 Å². The maximum Gasteiger partial charge on any atom is 0.253 e. The summed E-state index contributed by atoms with van der Waals surface area (Å²) in [6.45, 7) is 2.09. The van der Waals surface area contributed by atoms with Gasteiger partial charge in [-0.2, -0.15) is 0 Å². The maximum absolute atomic E-state index is 11.4. The van der Waals surface area contributed by atoms with E-state index in [0.717, 1.165) is 5.69 Å². The van der Waals surface area contributed by atoms with Gasteiger partial charge in [-0.3, -0.25) is 9.36 Å². The summed E-state index contributed by atoms with van der Waals surface area (Å²) in [5.41, 5.74) is 0.628. The van der Waals surface area contributed by atoms with Gasteiger partial charge in [-0.15, -0.1) is 0 Å². The minimum absolute atomic E-state index is 0.142. The highest BCUT2D eigenvalue weighted by molar-refractivity contribution is 6.29. The first kappa shape index (κ1) is 10.8. The van der Waals surface area contributed by atoms with E-state index >= 15 is 0 Å². The van der Waals surface area contributed by atoms with Crippen molar-refractivity contribution >= 4 is 11.6 Å². The van der Waals surface area contributed by atoms with Gasteiger partial charge in [-0.25, -0.2) is 15.0 Å². The third-order valence-corrected chi connectivity index (χ3v) is 2.17. The van der Waals surface area contributed by atoms with Crippen LogP contribution in [0.2, 0.25) is 5.15 Å². The standard InChI is InChI=1S/C10H9ClN4O/c1-7-4-8(11)14-9(13-7)5-15-6-12-3-2-10(15)16/h2-4,6H,5H2,1H3. The van der Waals surface area contributed by atoms with E-state index in [0.29, 0.717) is 11.0 Å². The second-order valence-corrected chi connectivity index (χ2v) is 3.68. The summed E-state index contributed by atoms with van der Waals surface area (Å²) in [4.78, 5) is 23.5. The van der Waals surface area contributed by atoms with Crippen molar-refractivity contribution in [3.05, 3.63) is 51.7 Å². The Balaban J connectivity index is 2.34. The molecule has 0 radical (unpaired) electrons. The van der Waals surface area contributed by atoms with Crippen LogP contribution in [0.25, 0.3) is 0 Å². The molecule has 2 aromatic heterocycles. The van der Waals surface area contributed by atoms with E-state index in [1.54, 1.807) is 6.07 Å². The summed E-state index contributed by atoms with van der Waals surface area (Å²) in [5.74, 6) is 0.500. The third-order valence-electron chi connectivity index (χ3n) is 1.97. The van der Waals surface area contributed by atoms with Crippen molar-refractivity contribution < 1.29 is 0 Å². The molecule has 0 aromatic carbocycles. The Morgan fingerprint density at radius 3 is 2.94 bits per heavy atom. The molecule has 2 aromatic rings. The highest BCUT2D eigenvalue weighted by Crippen LogP contribution is 2.06. The lowest BCUT2D eigenvalue weighted by molar-refractivity contribution is 0.694. The van der Waals surface area contributed by atoms with Gasteiger partial charge < -0.3 is 0 Å². The lowest BCUT2D eigenvalue weighted by atomic mass is 10.4. The molecule has 2 heterocycles. The van der Waals surface area contributed by atoms with Gasteiger partial charge in [0.2, 0.25) is 0 Å². The molecule has 0 amide bonds. The van der Waals surface area contributed by atoms with Crippen LogP contribution in [0.1, 0.15) is 11.5 Å². The summed E-state index contributed by atoms with van der Waals surface area (Å²) in [6, 6.07) is 3.05. The number of aromatic nitrogens is 4. The van der Waals surface area contributed by atoms with Gasteiger partial charge in [0.25, 0.3) is 5.56 Å². The van der Waals surface area contributed by atoms with Gasteiger partial charge in [0, 0.05) is 18.0 Å². The van der Waals surface area contributed by atoms with E-state index < -0.39 is 0 Å². The average Bonchev–Trinajstić information content (AvgIpc) is 2.20. The number of aryl methyl sites for hydroxylation is 1. The molecule has 0 N–H and O–H groups in total. The SMILES string of the molecule is Cc1cc(Cl)nc(Cn2cnccc2=O)n1. The molecule has 2 rings (SSSR count). The molecule has 0 bridgehead atoms. The molecule has 16 heavy (non-hydrogen) atoms. The van der Waals surface area contributed by atoms with Crippen LogP contribution in [0.5, 0.6) is 0 Å². The Hall–Kier alpha value is -1.75. The molecule has 0 fully saturated rings. The topological polar surface area (TPSA) is 60.7 Å². The molecule has 0 aliphatic heterocycles. The van der Waals surface area contributed by atoms with Crippen LogP contribution in [0.3, 0.4) is 0 Å². The quantitative estimate of drug-likeness (QED) is 0.731. The molecule has 0 spiro atoms. The Labute approximate surface area is 96.8 Å². The first-order chi connectivity index (χ1) is 7.65. The van der Waals surface area contributed by atoms with Gasteiger partial charge in [0.15, 0.2) is 0 Å². The van der Waals surface area contributed by atoms with Crippen molar-refractivity contribution in [2.24, 2.45) is 0 Å². The molecule has 0 aliphatic carbocycles. The van der Waals surface area contributed by atoms with E-state index in [2.05, 4.69) is 15.0 Å². The predicted molar refractivity (Wildman–Crippen MR) is 59.4 cm³/mol. The summed E-state index contributed by atoms with van der Waals surface area (Å²) in [6.07, 6.45) is 2.89. The Morgan fingerprint density at radius 2 is 2.25 bits per heavy atom. The largest absolute Gasteiger partial charge is 0.292 e. The van der Waals surface area contributed by atoms with Crippen molar-refractivity contribution in [3.63, 3.8) is 0 Å². The van der Waals surface area contributed by atoms with Crippen LogP contribution in [0.15, 0.2) is 29.5 Å². The van der Waals surface area contributed by atoms with Crippen molar-refractivity contribution in [2.75, 3.05) is 0 Å². The Bertz CT molecular complexity index is 546. The van der Waals surface area contributed by atoms with Crippen molar-refractivity contribution in [1.82, 2.24) is 19.5 Å².